The predicted octanol–water partition coefficient (Wildman–Crippen LogP) is 4.26. The SMILES string of the molecule is Cc1nn(-c2ccc(Cl)cc2)c(-c2cccs2)c1C(=O)O. The average Bonchev–Trinajstić information content (AvgIpc) is 3.06. The quantitative estimate of drug-likeness (QED) is 0.785. The smallest absolute Gasteiger partial charge is 0.339 e. The molecule has 3 rings (SSSR count). The molecule has 4 nitrogen and oxygen atoms in total. The molecular weight excluding hydrogens is 308 g/mol. The number of halogens is 1. The van der Waals surface area contributed by atoms with Crippen LogP contribution in [0.5, 0.6) is 0 Å². The van der Waals surface area contributed by atoms with Gasteiger partial charge in [-0.05, 0) is 42.6 Å². The number of nitrogens with zero attached hydrogens (tertiary/aromatic N) is 2. The molecule has 0 aliphatic carbocycles. The van der Waals surface area contributed by atoms with Crippen LogP contribution in [-0.2, 0) is 0 Å². The summed E-state index contributed by atoms with van der Waals surface area (Å²) in [7, 11) is 0. The minimum absolute atomic E-state index is 0.229. The normalized spacial score (nSPS) is 10.8. The first-order chi connectivity index (χ1) is 10.1. The van der Waals surface area contributed by atoms with Crippen LogP contribution >= 0.6 is 22.9 Å². The van der Waals surface area contributed by atoms with Crippen molar-refractivity contribution in [3.63, 3.8) is 0 Å². The maximum Gasteiger partial charge on any atom is 0.339 e. The molecule has 2 aromatic heterocycles. The van der Waals surface area contributed by atoms with Crippen LogP contribution in [0.3, 0.4) is 0 Å². The van der Waals surface area contributed by atoms with Gasteiger partial charge in [-0.1, -0.05) is 17.7 Å². The highest BCUT2D eigenvalue weighted by molar-refractivity contribution is 7.13. The molecule has 0 saturated heterocycles. The van der Waals surface area contributed by atoms with E-state index in [0.717, 1.165) is 10.6 Å². The lowest BCUT2D eigenvalue weighted by Crippen LogP contribution is -2.02. The summed E-state index contributed by atoms with van der Waals surface area (Å²) in [4.78, 5) is 12.4. The summed E-state index contributed by atoms with van der Waals surface area (Å²) in [5.74, 6) is -0.976. The van der Waals surface area contributed by atoms with E-state index in [4.69, 9.17) is 11.6 Å². The van der Waals surface area contributed by atoms with Gasteiger partial charge in [0.1, 0.15) is 5.56 Å². The topological polar surface area (TPSA) is 55.1 Å². The van der Waals surface area contributed by atoms with Crippen molar-refractivity contribution >= 4 is 28.9 Å². The molecule has 0 saturated carbocycles. The van der Waals surface area contributed by atoms with Gasteiger partial charge in [0.2, 0.25) is 0 Å². The van der Waals surface area contributed by atoms with E-state index in [1.807, 2.05) is 29.6 Å². The van der Waals surface area contributed by atoms with E-state index < -0.39 is 5.97 Å². The third-order valence-corrected chi connectivity index (χ3v) is 4.23. The fourth-order valence-corrected chi connectivity index (χ4v) is 3.08. The second-order valence-corrected chi connectivity index (χ2v) is 5.86. The minimum atomic E-state index is -0.976. The molecule has 1 aromatic carbocycles. The summed E-state index contributed by atoms with van der Waals surface area (Å²) in [6, 6.07) is 10.9. The van der Waals surface area contributed by atoms with Crippen molar-refractivity contribution in [2.75, 3.05) is 0 Å². The Kier molecular flexibility index (Phi) is 3.53. The van der Waals surface area contributed by atoms with Crippen molar-refractivity contribution in [3.8, 4) is 16.3 Å². The lowest BCUT2D eigenvalue weighted by Gasteiger charge is -2.07. The fourth-order valence-electron chi connectivity index (χ4n) is 2.19. The number of rotatable bonds is 3. The Bertz CT molecular complexity index is 792. The standard InChI is InChI=1S/C15H11ClN2O2S/c1-9-13(15(19)20)14(12-3-2-8-21-12)18(17-9)11-6-4-10(16)5-7-11/h2-8H,1H3,(H,19,20). The van der Waals surface area contributed by atoms with Gasteiger partial charge in [0.15, 0.2) is 0 Å². The lowest BCUT2D eigenvalue weighted by atomic mass is 10.1. The van der Waals surface area contributed by atoms with Gasteiger partial charge >= 0.3 is 5.97 Å². The molecule has 0 aliphatic rings. The number of carbonyl (C=O) groups is 1. The van der Waals surface area contributed by atoms with E-state index in [1.54, 1.807) is 23.7 Å². The lowest BCUT2D eigenvalue weighted by molar-refractivity contribution is 0.0697. The van der Waals surface area contributed by atoms with Crippen molar-refractivity contribution in [3.05, 3.63) is 58.1 Å². The summed E-state index contributed by atoms with van der Waals surface area (Å²) >= 11 is 7.39. The third kappa shape index (κ3) is 2.46. The summed E-state index contributed by atoms with van der Waals surface area (Å²) < 4.78 is 1.65. The molecule has 21 heavy (non-hydrogen) atoms. The maximum absolute atomic E-state index is 11.6. The van der Waals surface area contributed by atoms with E-state index in [-0.39, 0.29) is 5.56 Å². The fraction of sp³-hybridized carbons (Fsp3) is 0.0667. The van der Waals surface area contributed by atoms with Gasteiger partial charge in [-0.3, -0.25) is 0 Å². The van der Waals surface area contributed by atoms with Crippen LogP contribution in [0.2, 0.25) is 5.02 Å². The van der Waals surface area contributed by atoms with E-state index in [2.05, 4.69) is 5.10 Å². The maximum atomic E-state index is 11.6. The first-order valence-electron chi connectivity index (χ1n) is 6.20. The number of benzene rings is 1. The first kappa shape index (κ1) is 13.9. The Labute approximate surface area is 130 Å². The average molecular weight is 319 g/mol. The number of hydrogen-bond donors (Lipinski definition) is 1. The minimum Gasteiger partial charge on any atom is -0.478 e. The summed E-state index contributed by atoms with van der Waals surface area (Å²) in [5.41, 5.74) is 2.09. The van der Waals surface area contributed by atoms with Crippen LogP contribution in [0.4, 0.5) is 0 Å². The highest BCUT2D eigenvalue weighted by Crippen LogP contribution is 2.32. The number of aromatic nitrogens is 2. The Morgan fingerprint density at radius 3 is 2.57 bits per heavy atom. The molecule has 0 bridgehead atoms. The zero-order valence-electron chi connectivity index (χ0n) is 11.1. The van der Waals surface area contributed by atoms with Gasteiger partial charge in [0, 0.05) is 5.02 Å². The number of aryl methyl sites for hydroxylation is 1. The van der Waals surface area contributed by atoms with Crippen LogP contribution in [0.15, 0.2) is 41.8 Å². The molecule has 3 aromatic rings. The summed E-state index contributed by atoms with van der Waals surface area (Å²) in [6.07, 6.45) is 0. The molecule has 0 aliphatic heterocycles. The van der Waals surface area contributed by atoms with Crippen LogP contribution in [0, 0.1) is 6.92 Å². The summed E-state index contributed by atoms with van der Waals surface area (Å²) in [5, 5.41) is 16.4. The van der Waals surface area contributed by atoms with Gasteiger partial charge in [0.25, 0.3) is 0 Å². The van der Waals surface area contributed by atoms with Crippen molar-refractivity contribution in [1.82, 2.24) is 9.78 Å². The van der Waals surface area contributed by atoms with Crippen molar-refractivity contribution in [2.45, 2.75) is 6.92 Å². The van der Waals surface area contributed by atoms with Crippen LogP contribution in [0.1, 0.15) is 16.1 Å². The third-order valence-electron chi connectivity index (χ3n) is 3.10. The van der Waals surface area contributed by atoms with E-state index in [0.29, 0.717) is 16.4 Å². The number of hydrogen-bond acceptors (Lipinski definition) is 3. The Morgan fingerprint density at radius 1 is 1.29 bits per heavy atom. The molecule has 0 atom stereocenters. The van der Waals surface area contributed by atoms with E-state index in [1.165, 1.54) is 11.3 Å². The molecule has 0 unspecified atom stereocenters. The number of aromatic carboxylic acids is 1. The molecule has 0 fully saturated rings. The van der Waals surface area contributed by atoms with Crippen LogP contribution < -0.4 is 0 Å². The van der Waals surface area contributed by atoms with Crippen LogP contribution in [-0.4, -0.2) is 20.9 Å². The summed E-state index contributed by atoms with van der Waals surface area (Å²) in [6.45, 7) is 1.70. The molecule has 2 heterocycles. The van der Waals surface area contributed by atoms with E-state index >= 15 is 0 Å². The number of thiophene rings is 1. The Balaban J connectivity index is 2.28. The van der Waals surface area contributed by atoms with Gasteiger partial charge in [0.05, 0.1) is 22.0 Å². The Hall–Kier alpha value is -2.11. The number of carboxylic acids is 1. The second-order valence-electron chi connectivity index (χ2n) is 4.48. The van der Waals surface area contributed by atoms with Crippen LogP contribution in [0.25, 0.3) is 16.3 Å². The highest BCUT2D eigenvalue weighted by atomic mass is 35.5. The Morgan fingerprint density at radius 2 is 2.00 bits per heavy atom. The van der Waals surface area contributed by atoms with Gasteiger partial charge in [-0.2, -0.15) is 5.10 Å². The van der Waals surface area contributed by atoms with Crippen molar-refractivity contribution in [1.29, 1.82) is 0 Å². The first-order valence-corrected chi connectivity index (χ1v) is 7.46. The predicted molar refractivity (Wildman–Crippen MR) is 83.6 cm³/mol. The molecule has 0 amide bonds. The highest BCUT2D eigenvalue weighted by Gasteiger charge is 2.23. The monoisotopic (exact) mass is 318 g/mol. The van der Waals surface area contributed by atoms with Gasteiger partial charge in [-0.15, -0.1) is 11.3 Å². The van der Waals surface area contributed by atoms with E-state index in [9.17, 15) is 9.90 Å². The van der Waals surface area contributed by atoms with Gasteiger partial charge < -0.3 is 5.11 Å². The molecule has 6 heteroatoms. The molecular formula is C15H11ClN2O2S. The zero-order chi connectivity index (χ0) is 15.0. The van der Waals surface area contributed by atoms with Gasteiger partial charge in [-0.25, -0.2) is 9.48 Å². The number of carboxylic acid groups (broad SMARTS) is 1. The largest absolute Gasteiger partial charge is 0.478 e. The van der Waals surface area contributed by atoms with Crippen molar-refractivity contribution in [2.24, 2.45) is 0 Å². The molecule has 0 radical (unpaired) electrons. The molecule has 1 N–H and O–H groups in total. The zero-order valence-corrected chi connectivity index (χ0v) is 12.6. The second kappa shape index (κ2) is 5.35. The van der Waals surface area contributed by atoms with Crippen molar-refractivity contribution < 1.29 is 9.90 Å². The molecule has 106 valence electrons. The molecule has 0 spiro atoms.